The van der Waals surface area contributed by atoms with E-state index < -0.39 is 0 Å². The van der Waals surface area contributed by atoms with Crippen molar-refractivity contribution in [2.24, 2.45) is 0 Å². The molecule has 0 saturated heterocycles. The van der Waals surface area contributed by atoms with Crippen LogP contribution in [-0.2, 0) is 0 Å². The quantitative estimate of drug-likeness (QED) is 0.610. The number of rotatable bonds is 3. The Hall–Kier alpha value is -1.19. The van der Waals surface area contributed by atoms with Crippen LogP contribution < -0.4 is 0 Å². The predicted molar refractivity (Wildman–Crippen MR) is 40.4 cm³/mol. The molecule has 1 atom stereocenters. The molecule has 0 aromatic carbocycles. The second kappa shape index (κ2) is 3.27. The molecule has 60 valence electrons. The van der Waals surface area contributed by atoms with Gasteiger partial charge in [-0.05, 0) is 13.3 Å². The Morgan fingerprint density at radius 3 is 3.00 bits per heavy atom. The number of nitrogens with zero attached hydrogens (tertiary/aromatic N) is 3. The first-order valence-electron chi connectivity index (χ1n) is 3.65. The summed E-state index contributed by atoms with van der Waals surface area (Å²) in [6.45, 7) is 4.09. The van der Waals surface area contributed by atoms with Gasteiger partial charge in [-0.2, -0.15) is 0 Å². The zero-order valence-electron chi connectivity index (χ0n) is 6.69. The molecule has 0 N–H and O–H groups in total. The molecule has 0 saturated carbocycles. The van der Waals surface area contributed by atoms with Crippen molar-refractivity contribution < 1.29 is 4.79 Å². The van der Waals surface area contributed by atoms with Crippen molar-refractivity contribution in [2.75, 3.05) is 0 Å². The Balaban J connectivity index is 2.79. The molecular formula is C7H11N3O. The average molecular weight is 153 g/mol. The van der Waals surface area contributed by atoms with E-state index in [9.17, 15) is 4.79 Å². The molecule has 1 heterocycles. The van der Waals surface area contributed by atoms with Crippen LogP contribution in [0.3, 0.4) is 0 Å². The molecule has 0 bridgehead atoms. The Labute approximate surface area is 65.2 Å². The molecule has 0 aliphatic heterocycles. The van der Waals surface area contributed by atoms with E-state index in [4.69, 9.17) is 0 Å². The van der Waals surface area contributed by atoms with Gasteiger partial charge in [0.2, 0.25) is 0 Å². The van der Waals surface area contributed by atoms with Crippen LogP contribution in [-0.4, -0.2) is 21.3 Å². The van der Waals surface area contributed by atoms with Crippen LogP contribution in [0.4, 0.5) is 0 Å². The number of carbonyl (C=O) groups excluding carboxylic acids is 1. The third-order valence-corrected chi connectivity index (χ3v) is 1.69. The molecule has 1 unspecified atom stereocenters. The van der Waals surface area contributed by atoms with Gasteiger partial charge in [0.05, 0.1) is 12.2 Å². The maximum Gasteiger partial charge on any atom is 0.171 e. The summed E-state index contributed by atoms with van der Waals surface area (Å²) >= 11 is 0. The molecule has 0 aliphatic carbocycles. The normalized spacial score (nSPS) is 12.9. The van der Waals surface area contributed by atoms with Crippen LogP contribution in [0.15, 0.2) is 6.20 Å². The Morgan fingerprint density at radius 1 is 1.82 bits per heavy atom. The zero-order chi connectivity index (χ0) is 8.27. The first-order chi connectivity index (χ1) is 5.27. The first-order valence-corrected chi connectivity index (χ1v) is 3.65. The Kier molecular flexibility index (Phi) is 2.36. The van der Waals surface area contributed by atoms with Gasteiger partial charge in [-0.15, -0.1) is 5.10 Å². The van der Waals surface area contributed by atoms with E-state index in [1.807, 2.05) is 6.92 Å². The lowest BCUT2D eigenvalue weighted by Crippen LogP contribution is -2.03. The Bertz CT molecular complexity index is 244. The van der Waals surface area contributed by atoms with Crippen molar-refractivity contribution in [1.82, 2.24) is 15.0 Å². The molecule has 0 aliphatic rings. The van der Waals surface area contributed by atoms with Gasteiger partial charge < -0.3 is 0 Å². The topological polar surface area (TPSA) is 47.8 Å². The summed E-state index contributed by atoms with van der Waals surface area (Å²) in [6, 6.07) is 0.316. The van der Waals surface area contributed by atoms with Gasteiger partial charge in [-0.25, -0.2) is 4.68 Å². The van der Waals surface area contributed by atoms with Gasteiger partial charge in [-0.1, -0.05) is 12.1 Å². The van der Waals surface area contributed by atoms with Crippen LogP contribution in [0.2, 0.25) is 0 Å². The van der Waals surface area contributed by atoms with Crippen molar-refractivity contribution in [2.45, 2.75) is 26.3 Å². The van der Waals surface area contributed by atoms with E-state index in [-0.39, 0.29) is 0 Å². The molecule has 0 spiro atoms. The largest absolute Gasteiger partial charge is 0.296 e. The van der Waals surface area contributed by atoms with Crippen LogP contribution in [0.1, 0.15) is 36.8 Å². The smallest absolute Gasteiger partial charge is 0.171 e. The van der Waals surface area contributed by atoms with Gasteiger partial charge in [-0.3, -0.25) is 4.79 Å². The average Bonchev–Trinajstić information content (AvgIpc) is 2.50. The lowest BCUT2D eigenvalue weighted by molar-refractivity contribution is 0.111. The van der Waals surface area contributed by atoms with Crippen LogP contribution in [0.25, 0.3) is 0 Å². The van der Waals surface area contributed by atoms with Crippen molar-refractivity contribution >= 4 is 6.29 Å². The molecule has 11 heavy (non-hydrogen) atoms. The third-order valence-electron chi connectivity index (χ3n) is 1.69. The summed E-state index contributed by atoms with van der Waals surface area (Å²) < 4.78 is 1.70. The van der Waals surface area contributed by atoms with Gasteiger partial charge >= 0.3 is 0 Å². The molecule has 0 fully saturated rings. The van der Waals surface area contributed by atoms with Gasteiger partial charge in [0.25, 0.3) is 0 Å². The minimum Gasteiger partial charge on any atom is -0.296 e. The first kappa shape index (κ1) is 7.91. The summed E-state index contributed by atoms with van der Waals surface area (Å²) in [4.78, 5) is 10.2. The van der Waals surface area contributed by atoms with Crippen LogP contribution >= 0.6 is 0 Å². The van der Waals surface area contributed by atoms with Gasteiger partial charge in [0.1, 0.15) is 5.69 Å². The molecule has 4 heteroatoms. The van der Waals surface area contributed by atoms with Crippen LogP contribution in [0, 0.1) is 0 Å². The molecule has 4 nitrogen and oxygen atoms in total. The van der Waals surface area contributed by atoms with Gasteiger partial charge in [0.15, 0.2) is 6.29 Å². The van der Waals surface area contributed by atoms with E-state index in [1.54, 1.807) is 10.9 Å². The van der Waals surface area contributed by atoms with Crippen molar-refractivity contribution in [1.29, 1.82) is 0 Å². The summed E-state index contributed by atoms with van der Waals surface area (Å²) in [5, 5.41) is 7.44. The highest BCUT2D eigenvalue weighted by Crippen LogP contribution is 2.06. The number of hydrogen-bond acceptors (Lipinski definition) is 3. The maximum absolute atomic E-state index is 10.2. The summed E-state index contributed by atoms with van der Waals surface area (Å²) in [7, 11) is 0. The molecule has 1 rings (SSSR count). The highest BCUT2D eigenvalue weighted by Gasteiger charge is 2.03. The van der Waals surface area contributed by atoms with Crippen molar-refractivity contribution in [3.8, 4) is 0 Å². The molecule has 1 aromatic rings. The molecule has 0 radical (unpaired) electrons. The van der Waals surface area contributed by atoms with Crippen LogP contribution in [0.5, 0.6) is 0 Å². The van der Waals surface area contributed by atoms with E-state index in [0.717, 1.165) is 6.42 Å². The number of aromatic nitrogens is 3. The van der Waals surface area contributed by atoms with E-state index in [1.165, 1.54) is 0 Å². The second-order valence-corrected chi connectivity index (χ2v) is 2.50. The minimum atomic E-state index is 0.316. The molecular weight excluding hydrogens is 142 g/mol. The predicted octanol–water partition coefficient (Wildman–Crippen LogP) is 1.06. The molecule has 1 aromatic heterocycles. The second-order valence-electron chi connectivity index (χ2n) is 2.50. The van der Waals surface area contributed by atoms with Crippen molar-refractivity contribution in [3.63, 3.8) is 0 Å². The summed E-state index contributed by atoms with van der Waals surface area (Å²) in [6.07, 6.45) is 3.34. The summed E-state index contributed by atoms with van der Waals surface area (Å²) in [5.74, 6) is 0. The fourth-order valence-electron chi connectivity index (χ4n) is 0.747. The lowest BCUT2D eigenvalue weighted by Gasteiger charge is -2.05. The standard InChI is InChI=1S/C7H11N3O/c1-3-6(2)10-4-7(5-11)8-9-10/h4-6H,3H2,1-2H3. The number of carbonyl (C=O) groups is 1. The molecule has 0 amide bonds. The van der Waals surface area contributed by atoms with Gasteiger partial charge in [0, 0.05) is 0 Å². The fourth-order valence-corrected chi connectivity index (χ4v) is 0.747. The SMILES string of the molecule is CCC(C)n1cc(C=O)nn1. The van der Waals surface area contributed by atoms with Crippen molar-refractivity contribution in [3.05, 3.63) is 11.9 Å². The highest BCUT2D eigenvalue weighted by atomic mass is 16.1. The maximum atomic E-state index is 10.2. The monoisotopic (exact) mass is 153 g/mol. The summed E-state index contributed by atoms with van der Waals surface area (Å²) in [5.41, 5.74) is 0.394. The lowest BCUT2D eigenvalue weighted by atomic mass is 10.3. The Morgan fingerprint density at radius 2 is 2.55 bits per heavy atom. The van der Waals surface area contributed by atoms with E-state index in [0.29, 0.717) is 18.0 Å². The van der Waals surface area contributed by atoms with E-state index >= 15 is 0 Å². The zero-order valence-corrected chi connectivity index (χ0v) is 6.69. The van der Waals surface area contributed by atoms with E-state index in [2.05, 4.69) is 17.2 Å². The minimum absolute atomic E-state index is 0.316. The number of hydrogen-bond donors (Lipinski definition) is 0. The fraction of sp³-hybridized carbons (Fsp3) is 0.571. The third kappa shape index (κ3) is 1.63. The highest BCUT2D eigenvalue weighted by molar-refractivity contribution is 5.70. The number of aldehydes is 1.